The summed E-state index contributed by atoms with van der Waals surface area (Å²) in [5, 5.41) is 18.0. The zero-order valence-electron chi connectivity index (χ0n) is 6.97. The predicted molar refractivity (Wildman–Crippen MR) is 42.7 cm³/mol. The van der Waals surface area contributed by atoms with Gasteiger partial charge in [0.05, 0.1) is 12.6 Å². The van der Waals surface area contributed by atoms with E-state index in [9.17, 15) is 9.90 Å². The molecule has 1 heterocycles. The van der Waals surface area contributed by atoms with Gasteiger partial charge in [0, 0.05) is 12.6 Å². The van der Waals surface area contributed by atoms with E-state index in [0.29, 0.717) is 6.54 Å². The largest absolute Gasteiger partial charge is 0.465 e. The monoisotopic (exact) mass is 174 g/mol. The minimum absolute atomic E-state index is 0.0184. The average Bonchev–Trinajstić information content (AvgIpc) is 1.99. The fourth-order valence-electron chi connectivity index (χ4n) is 1.43. The first kappa shape index (κ1) is 9.28. The number of rotatable bonds is 0. The summed E-state index contributed by atoms with van der Waals surface area (Å²) in [6.45, 7) is 2.37. The molecule has 1 rings (SSSR count). The molecule has 3 unspecified atom stereocenters. The van der Waals surface area contributed by atoms with Crippen molar-refractivity contribution in [2.45, 2.75) is 19.1 Å². The summed E-state index contributed by atoms with van der Waals surface area (Å²) in [5.41, 5.74) is 5.61. The summed E-state index contributed by atoms with van der Waals surface area (Å²) in [7, 11) is 0. The number of carbonyl (C=O) groups is 1. The number of carboxylic acid groups (broad SMARTS) is 1. The standard InChI is InChI=1S/C7H14N2O3/c1-4-2-9(7(11)12)3-5(10)6(4)8/h4-6,10H,2-3,8H2,1H3,(H,11,12). The molecule has 1 saturated heterocycles. The van der Waals surface area contributed by atoms with Gasteiger partial charge in [-0.2, -0.15) is 0 Å². The van der Waals surface area contributed by atoms with Crippen molar-refractivity contribution in [3.8, 4) is 0 Å². The minimum atomic E-state index is -0.993. The minimum Gasteiger partial charge on any atom is -0.465 e. The summed E-state index contributed by atoms with van der Waals surface area (Å²) in [6.07, 6.45) is -1.72. The molecular weight excluding hydrogens is 160 g/mol. The van der Waals surface area contributed by atoms with Crippen LogP contribution < -0.4 is 5.73 Å². The molecule has 0 radical (unpaired) electrons. The van der Waals surface area contributed by atoms with Gasteiger partial charge in [-0.1, -0.05) is 6.92 Å². The number of nitrogens with two attached hydrogens (primary N) is 1. The molecule has 0 spiro atoms. The van der Waals surface area contributed by atoms with E-state index in [-0.39, 0.29) is 18.5 Å². The van der Waals surface area contributed by atoms with Gasteiger partial charge in [0.1, 0.15) is 0 Å². The van der Waals surface area contributed by atoms with E-state index in [1.165, 1.54) is 4.90 Å². The maximum absolute atomic E-state index is 10.5. The number of likely N-dealkylation sites (tertiary alicyclic amines) is 1. The zero-order chi connectivity index (χ0) is 9.30. The summed E-state index contributed by atoms with van der Waals surface area (Å²) in [5.74, 6) is 0.0184. The number of piperidine rings is 1. The van der Waals surface area contributed by atoms with Crippen molar-refractivity contribution >= 4 is 6.09 Å². The van der Waals surface area contributed by atoms with Crippen molar-refractivity contribution in [1.29, 1.82) is 0 Å². The Hall–Kier alpha value is -0.810. The Morgan fingerprint density at radius 2 is 2.17 bits per heavy atom. The van der Waals surface area contributed by atoms with E-state index in [1.807, 2.05) is 6.92 Å². The fourth-order valence-corrected chi connectivity index (χ4v) is 1.43. The van der Waals surface area contributed by atoms with Crippen LogP contribution in [0, 0.1) is 5.92 Å². The van der Waals surface area contributed by atoms with Crippen LogP contribution in [0.1, 0.15) is 6.92 Å². The Morgan fingerprint density at radius 3 is 2.58 bits per heavy atom. The van der Waals surface area contributed by atoms with Crippen LogP contribution in [0.25, 0.3) is 0 Å². The van der Waals surface area contributed by atoms with Crippen LogP contribution in [-0.4, -0.2) is 46.4 Å². The van der Waals surface area contributed by atoms with E-state index >= 15 is 0 Å². The van der Waals surface area contributed by atoms with Gasteiger partial charge in [0.25, 0.3) is 0 Å². The fraction of sp³-hybridized carbons (Fsp3) is 0.857. The summed E-state index contributed by atoms with van der Waals surface area (Å²) < 4.78 is 0. The number of aliphatic hydroxyl groups is 1. The van der Waals surface area contributed by atoms with Gasteiger partial charge in [-0.3, -0.25) is 0 Å². The molecule has 5 nitrogen and oxygen atoms in total. The van der Waals surface area contributed by atoms with Crippen molar-refractivity contribution in [1.82, 2.24) is 4.90 Å². The molecular formula is C7H14N2O3. The molecule has 12 heavy (non-hydrogen) atoms. The molecule has 1 fully saturated rings. The molecule has 5 heteroatoms. The topological polar surface area (TPSA) is 86.8 Å². The van der Waals surface area contributed by atoms with E-state index in [0.717, 1.165) is 0 Å². The van der Waals surface area contributed by atoms with Crippen LogP contribution in [0.3, 0.4) is 0 Å². The number of hydrogen-bond donors (Lipinski definition) is 3. The van der Waals surface area contributed by atoms with E-state index in [4.69, 9.17) is 10.8 Å². The summed E-state index contributed by atoms with van der Waals surface area (Å²) >= 11 is 0. The van der Waals surface area contributed by atoms with E-state index < -0.39 is 12.2 Å². The first-order valence-corrected chi connectivity index (χ1v) is 3.94. The average molecular weight is 174 g/mol. The SMILES string of the molecule is CC1CN(C(=O)O)CC(O)C1N. The highest BCUT2D eigenvalue weighted by molar-refractivity contribution is 5.65. The summed E-state index contributed by atoms with van der Waals surface area (Å²) in [6, 6.07) is -0.305. The quantitative estimate of drug-likeness (QED) is 0.453. The molecule has 0 aromatic rings. The van der Waals surface area contributed by atoms with Gasteiger partial charge >= 0.3 is 6.09 Å². The highest BCUT2D eigenvalue weighted by atomic mass is 16.4. The molecule has 70 valence electrons. The Bertz CT molecular complexity index is 173. The summed E-state index contributed by atoms with van der Waals surface area (Å²) in [4.78, 5) is 11.7. The number of nitrogens with zero attached hydrogens (tertiary/aromatic N) is 1. The van der Waals surface area contributed by atoms with Gasteiger partial charge in [0.2, 0.25) is 0 Å². The maximum atomic E-state index is 10.5. The third-order valence-corrected chi connectivity index (χ3v) is 2.29. The lowest BCUT2D eigenvalue weighted by molar-refractivity contribution is 0.0286. The van der Waals surface area contributed by atoms with Crippen molar-refractivity contribution in [3.63, 3.8) is 0 Å². The smallest absolute Gasteiger partial charge is 0.407 e. The zero-order valence-corrected chi connectivity index (χ0v) is 6.97. The second kappa shape index (κ2) is 3.28. The third kappa shape index (κ3) is 1.67. The number of aliphatic hydroxyl groups excluding tert-OH is 1. The first-order valence-electron chi connectivity index (χ1n) is 3.94. The Labute approximate surface area is 70.8 Å². The van der Waals surface area contributed by atoms with Crippen LogP contribution in [0.4, 0.5) is 4.79 Å². The van der Waals surface area contributed by atoms with Gasteiger partial charge < -0.3 is 20.8 Å². The van der Waals surface area contributed by atoms with Crippen LogP contribution in [0.15, 0.2) is 0 Å². The van der Waals surface area contributed by atoms with Gasteiger partial charge in [-0.05, 0) is 5.92 Å². The third-order valence-electron chi connectivity index (χ3n) is 2.29. The highest BCUT2D eigenvalue weighted by Crippen LogP contribution is 2.15. The van der Waals surface area contributed by atoms with Gasteiger partial charge in [-0.15, -0.1) is 0 Å². The molecule has 3 atom stereocenters. The molecule has 0 aromatic heterocycles. The van der Waals surface area contributed by atoms with Gasteiger partial charge in [0.15, 0.2) is 0 Å². The lowest BCUT2D eigenvalue weighted by Crippen LogP contribution is -2.56. The Balaban J connectivity index is 2.59. The molecule has 0 aliphatic carbocycles. The highest BCUT2D eigenvalue weighted by Gasteiger charge is 2.32. The molecule has 0 bridgehead atoms. The van der Waals surface area contributed by atoms with Crippen LogP contribution in [0.2, 0.25) is 0 Å². The number of hydrogen-bond acceptors (Lipinski definition) is 3. The number of amides is 1. The van der Waals surface area contributed by atoms with Crippen molar-refractivity contribution < 1.29 is 15.0 Å². The molecule has 1 amide bonds. The normalized spacial score (nSPS) is 36.6. The van der Waals surface area contributed by atoms with Crippen molar-refractivity contribution in [2.75, 3.05) is 13.1 Å². The first-order chi connectivity index (χ1) is 5.52. The second-order valence-electron chi connectivity index (χ2n) is 3.31. The van der Waals surface area contributed by atoms with E-state index in [1.54, 1.807) is 0 Å². The van der Waals surface area contributed by atoms with Crippen LogP contribution in [-0.2, 0) is 0 Å². The van der Waals surface area contributed by atoms with Gasteiger partial charge in [-0.25, -0.2) is 4.79 Å². The molecule has 1 aliphatic heterocycles. The molecule has 0 saturated carbocycles. The maximum Gasteiger partial charge on any atom is 0.407 e. The number of β-amino-alcohol motifs (C(OH)–C–C–N with tert-alkyl or cyclic N) is 1. The second-order valence-corrected chi connectivity index (χ2v) is 3.31. The molecule has 0 aromatic carbocycles. The predicted octanol–water partition coefficient (Wildman–Crippen LogP) is -0.696. The lowest BCUT2D eigenvalue weighted by atomic mass is 9.93. The molecule has 4 N–H and O–H groups in total. The van der Waals surface area contributed by atoms with E-state index in [2.05, 4.69) is 0 Å². The van der Waals surface area contributed by atoms with Crippen molar-refractivity contribution in [3.05, 3.63) is 0 Å². The van der Waals surface area contributed by atoms with Crippen LogP contribution >= 0.6 is 0 Å². The van der Waals surface area contributed by atoms with Crippen LogP contribution in [0.5, 0.6) is 0 Å². The Kier molecular flexibility index (Phi) is 2.54. The Morgan fingerprint density at radius 1 is 1.58 bits per heavy atom. The lowest BCUT2D eigenvalue weighted by Gasteiger charge is -2.36. The molecule has 1 aliphatic rings. The van der Waals surface area contributed by atoms with Crippen molar-refractivity contribution in [2.24, 2.45) is 11.7 Å².